The molecule has 3 N–H and O–H groups in total. The van der Waals surface area contributed by atoms with Gasteiger partial charge in [0.1, 0.15) is 0 Å². The molecule has 0 saturated carbocycles. The molecule has 82 heavy (non-hydrogen) atoms. The van der Waals surface area contributed by atoms with Crippen molar-refractivity contribution in [1.82, 2.24) is 5.32 Å². The molecule has 0 saturated heterocycles. The maximum atomic E-state index is 12.5. The monoisotopic (exact) mass is 1150 g/mol. The average molecular weight is 1160 g/mol. The van der Waals surface area contributed by atoms with Crippen molar-refractivity contribution in [2.24, 2.45) is 0 Å². The van der Waals surface area contributed by atoms with Gasteiger partial charge in [-0.05, 0) is 57.8 Å². The second kappa shape index (κ2) is 71.8. The molecule has 0 heterocycles. The van der Waals surface area contributed by atoms with Crippen LogP contribution in [0.1, 0.15) is 425 Å². The van der Waals surface area contributed by atoms with E-state index in [0.29, 0.717) is 19.4 Å². The Hall–Kier alpha value is -1.66. The highest BCUT2D eigenvalue weighted by molar-refractivity contribution is 5.76. The largest absolute Gasteiger partial charge is 0.466 e. The lowest BCUT2D eigenvalue weighted by Crippen LogP contribution is -2.45. The first-order valence-corrected chi connectivity index (χ1v) is 37.6. The number of nitrogens with one attached hydrogen (secondary N) is 1. The normalized spacial score (nSPS) is 12.6. The van der Waals surface area contributed by atoms with Crippen LogP contribution in [0.4, 0.5) is 0 Å². The molecule has 0 aliphatic heterocycles. The van der Waals surface area contributed by atoms with Crippen molar-refractivity contribution < 1.29 is 24.5 Å². The Labute approximate surface area is 513 Å². The Balaban J connectivity index is 3.33. The van der Waals surface area contributed by atoms with E-state index in [9.17, 15) is 19.8 Å². The molecule has 0 aromatic rings. The fraction of sp³-hybridized carbons (Fsp3) is 0.921. The molecule has 0 bridgehead atoms. The van der Waals surface area contributed by atoms with E-state index in [4.69, 9.17) is 4.74 Å². The number of amides is 1. The number of esters is 1. The van der Waals surface area contributed by atoms with Gasteiger partial charge in [-0.1, -0.05) is 378 Å². The Morgan fingerprint density at radius 1 is 0.329 bits per heavy atom. The highest BCUT2D eigenvalue weighted by Gasteiger charge is 2.18. The lowest BCUT2D eigenvalue weighted by Gasteiger charge is -2.20. The van der Waals surface area contributed by atoms with Crippen LogP contribution >= 0.6 is 0 Å². The first-order valence-electron chi connectivity index (χ1n) is 37.6. The third-order valence-electron chi connectivity index (χ3n) is 17.7. The van der Waals surface area contributed by atoms with E-state index in [-0.39, 0.29) is 18.5 Å². The number of carbonyl (C=O) groups excluding carboxylic acids is 2. The number of hydrogen-bond acceptors (Lipinski definition) is 5. The molecule has 0 radical (unpaired) electrons. The summed E-state index contributed by atoms with van der Waals surface area (Å²) < 4.78 is 5.51. The summed E-state index contributed by atoms with van der Waals surface area (Å²) >= 11 is 0. The zero-order valence-corrected chi connectivity index (χ0v) is 55.8. The summed E-state index contributed by atoms with van der Waals surface area (Å²) in [5.41, 5.74) is 0. The Morgan fingerprint density at radius 2 is 0.573 bits per heavy atom. The number of rotatable bonds is 71. The molecule has 0 aliphatic carbocycles. The van der Waals surface area contributed by atoms with Gasteiger partial charge < -0.3 is 20.3 Å². The van der Waals surface area contributed by atoms with Gasteiger partial charge in [0.2, 0.25) is 5.91 Å². The van der Waals surface area contributed by atoms with Crippen LogP contribution in [0.2, 0.25) is 0 Å². The molecule has 6 heteroatoms. The maximum absolute atomic E-state index is 12.5. The van der Waals surface area contributed by atoms with Crippen molar-refractivity contribution in [3.8, 4) is 0 Å². The van der Waals surface area contributed by atoms with Crippen LogP contribution in [0.15, 0.2) is 24.3 Å². The summed E-state index contributed by atoms with van der Waals surface area (Å²) in [5.74, 6) is -0.0389. The Bertz CT molecular complexity index is 1280. The lowest BCUT2D eigenvalue weighted by atomic mass is 10.0. The fourth-order valence-electron chi connectivity index (χ4n) is 12.0. The van der Waals surface area contributed by atoms with E-state index < -0.39 is 12.1 Å². The molecule has 2 unspecified atom stereocenters. The summed E-state index contributed by atoms with van der Waals surface area (Å²) in [4.78, 5) is 24.6. The first-order chi connectivity index (χ1) is 40.5. The quantitative estimate of drug-likeness (QED) is 0.0320. The van der Waals surface area contributed by atoms with E-state index in [1.165, 1.54) is 360 Å². The Morgan fingerprint density at radius 3 is 0.866 bits per heavy atom. The zero-order valence-electron chi connectivity index (χ0n) is 55.8. The third-order valence-corrected chi connectivity index (χ3v) is 17.7. The summed E-state index contributed by atoms with van der Waals surface area (Å²) in [6.07, 6.45) is 91.5. The lowest BCUT2D eigenvalue weighted by molar-refractivity contribution is -0.143. The average Bonchev–Trinajstić information content (AvgIpc) is 3.48. The van der Waals surface area contributed by atoms with Crippen molar-refractivity contribution in [2.75, 3.05) is 13.2 Å². The molecule has 0 fully saturated rings. The van der Waals surface area contributed by atoms with Gasteiger partial charge in [0.25, 0.3) is 0 Å². The van der Waals surface area contributed by atoms with E-state index in [0.717, 1.165) is 38.5 Å². The minimum atomic E-state index is -0.841. The molecule has 0 rings (SSSR count). The van der Waals surface area contributed by atoms with Crippen molar-refractivity contribution in [1.29, 1.82) is 0 Å². The van der Waals surface area contributed by atoms with E-state index >= 15 is 0 Å². The SMILES string of the molecule is CCCCCCCCCCCCCC/C=C/C(O)C(CO)NC(=O)CCCCCCCCCCCCCCCCCCC/C=C\CCCCCCCCCCCCCCOC(=O)CCCCCCCCCCCCCCCCCCCC. The van der Waals surface area contributed by atoms with Crippen molar-refractivity contribution in [3.63, 3.8) is 0 Å². The second-order valence-electron chi connectivity index (χ2n) is 26.0. The van der Waals surface area contributed by atoms with E-state index in [2.05, 4.69) is 31.3 Å². The highest BCUT2D eigenvalue weighted by Crippen LogP contribution is 2.19. The highest BCUT2D eigenvalue weighted by atomic mass is 16.5. The minimum absolute atomic E-state index is 0.0237. The van der Waals surface area contributed by atoms with Gasteiger partial charge in [-0.2, -0.15) is 0 Å². The molecule has 0 aromatic heterocycles. The first kappa shape index (κ1) is 80.3. The Kier molecular flexibility index (Phi) is 70.4. The molecule has 2 atom stereocenters. The van der Waals surface area contributed by atoms with E-state index in [1.54, 1.807) is 6.08 Å². The van der Waals surface area contributed by atoms with Crippen LogP contribution in [0.5, 0.6) is 0 Å². The van der Waals surface area contributed by atoms with Crippen LogP contribution in [0.25, 0.3) is 0 Å². The molecule has 6 nitrogen and oxygen atoms in total. The summed E-state index contributed by atoms with van der Waals surface area (Å²) in [6, 6.07) is -0.625. The number of allylic oxidation sites excluding steroid dienone is 3. The molecule has 1 amide bonds. The second-order valence-corrected chi connectivity index (χ2v) is 26.0. The van der Waals surface area contributed by atoms with Crippen LogP contribution in [0.3, 0.4) is 0 Å². The standard InChI is InChI=1S/C76H147NO5/c1-3-5-7-9-11-13-15-17-19-20-39-42-46-50-54-58-62-66-70-76(81)82-71-67-63-59-55-51-47-43-40-37-35-33-31-29-27-25-23-21-22-24-26-28-30-32-34-36-38-41-45-49-53-57-61-65-69-75(80)77-73(72-78)74(79)68-64-60-56-52-48-44-18-16-14-12-10-8-6-4-2/h25,27,64,68,73-74,78-79H,3-24,26,28-63,65-67,69-72H2,1-2H3,(H,77,80)/b27-25-,68-64+. The smallest absolute Gasteiger partial charge is 0.305 e. The summed E-state index contributed by atoms with van der Waals surface area (Å²) in [7, 11) is 0. The van der Waals surface area contributed by atoms with Gasteiger partial charge in [0.15, 0.2) is 0 Å². The van der Waals surface area contributed by atoms with Gasteiger partial charge >= 0.3 is 5.97 Å². The number of ether oxygens (including phenoxy) is 1. The van der Waals surface area contributed by atoms with Crippen molar-refractivity contribution in [3.05, 3.63) is 24.3 Å². The van der Waals surface area contributed by atoms with Gasteiger partial charge in [-0.3, -0.25) is 9.59 Å². The summed E-state index contributed by atoms with van der Waals surface area (Å²) in [6.45, 7) is 4.95. The number of carbonyl (C=O) groups is 2. The molecule has 0 aliphatic rings. The van der Waals surface area contributed by atoms with Crippen molar-refractivity contribution in [2.45, 2.75) is 437 Å². The fourth-order valence-corrected chi connectivity index (χ4v) is 12.0. The molecule has 486 valence electrons. The minimum Gasteiger partial charge on any atom is -0.466 e. The van der Waals surface area contributed by atoms with Gasteiger partial charge in [0.05, 0.1) is 25.4 Å². The van der Waals surface area contributed by atoms with Gasteiger partial charge in [-0.15, -0.1) is 0 Å². The predicted molar refractivity (Wildman–Crippen MR) is 361 cm³/mol. The molecular weight excluding hydrogens is 1010 g/mol. The number of aliphatic hydroxyl groups is 2. The summed E-state index contributed by atoms with van der Waals surface area (Å²) in [5, 5.41) is 23.2. The van der Waals surface area contributed by atoms with Gasteiger partial charge in [-0.25, -0.2) is 0 Å². The topological polar surface area (TPSA) is 95.9 Å². The zero-order chi connectivity index (χ0) is 59.2. The number of unbranched alkanes of at least 4 members (excludes halogenated alkanes) is 58. The van der Waals surface area contributed by atoms with Crippen LogP contribution in [-0.2, 0) is 14.3 Å². The molecule has 0 spiro atoms. The predicted octanol–water partition coefficient (Wildman–Crippen LogP) is 24.5. The van der Waals surface area contributed by atoms with Crippen molar-refractivity contribution >= 4 is 11.9 Å². The van der Waals surface area contributed by atoms with E-state index in [1.807, 2.05) is 6.08 Å². The van der Waals surface area contributed by atoms with Crippen LogP contribution in [-0.4, -0.2) is 47.4 Å². The number of hydrogen-bond donors (Lipinski definition) is 3. The van der Waals surface area contributed by atoms with Crippen LogP contribution < -0.4 is 5.32 Å². The van der Waals surface area contributed by atoms with Crippen LogP contribution in [0, 0.1) is 0 Å². The third kappa shape index (κ3) is 67.5. The molecule has 0 aromatic carbocycles. The number of aliphatic hydroxyl groups excluding tert-OH is 2. The van der Waals surface area contributed by atoms with Gasteiger partial charge in [0, 0.05) is 12.8 Å². The maximum Gasteiger partial charge on any atom is 0.305 e. The molecular formula is C76H147NO5.